The van der Waals surface area contributed by atoms with Crippen LogP contribution in [-0.4, -0.2) is 47.3 Å². The number of carbonyl (C=O) groups is 2. The predicted molar refractivity (Wildman–Crippen MR) is 138 cm³/mol. The lowest BCUT2D eigenvalue weighted by Gasteiger charge is -2.17. The van der Waals surface area contributed by atoms with Crippen molar-refractivity contribution in [3.8, 4) is 27.9 Å². The van der Waals surface area contributed by atoms with Crippen molar-refractivity contribution < 1.29 is 19.1 Å². The molecule has 1 N–H and O–H groups in total. The number of benzene rings is 2. The molecule has 5 rings (SSSR count). The molecule has 9 nitrogen and oxygen atoms in total. The van der Waals surface area contributed by atoms with Crippen LogP contribution in [0.4, 0.5) is 11.5 Å². The molecule has 3 heterocycles. The molecule has 0 bridgehead atoms. The van der Waals surface area contributed by atoms with Crippen LogP contribution in [0.2, 0.25) is 0 Å². The van der Waals surface area contributed by atoms with Gasteiger partial charge in [0.25, 0.3) is 0 Å². The van der Waals surface area contributed by atoms with Crippen LogP contribution < -0.4 is 19.7 Å². The molecule has 0 aliphatic carbocycles. The zero-order valence-corrected chi connectivity index (χ0v) is 20.9. The topological polar surface area (TPSA) is 98.6 Å². The normalized spacial score (nSPS) is 15.2. The minimum Gasteiger partial charge on any atom is -0.497 e. The fraction of sp³-hybridized carbons (Fsp3) is 0.231. The SMILES string of the molecule is COc1cccc(-c2csc(-n3nc(C)cc3NC(=O)C3CC(=O)N(c4cccc(OC)c4)C3)n2)c1. The molecule has 1 fully saturated rings. The van der Waals surface area contributed by atoms with Gasteiger partial charge in [-0.3, -0.25) is 9.59 Å². The lowest BCUT2D eigenvalue weighted by Crippen LogP contribution is -2.28. The standard InChI is InChI=1S/C26H25N5O4S/c1-16-10-23(31(29-16)26-27-22(15-36-26)17-6-4-8-20(11-17)34-2)28-25(33)18-12-24(32)30(14-18)19-7-5-9-21(13-19)35-3/h4-11,13,15,18H,12,14H2,1-3H3,(H,28,33). The minimum absolute atomic E-state index is 0.101. The van der Waals surface area contributed by atoms with Crippen LogP contribution in [0.15, 0.2) is 60.0 Å². The third-order valence-corrected chi connectivity index (χ3v) is 6.80. The highest BCUT2D eigenvalue weighted by Gasteiger charge is 2.35. The second-order valence-corrected chi connectivity index (χ2v) is 9.26. The zero-order valence-electron chi connectivity index (χ0n) is 20.1. The fourth-order valence-electron chi connectivity index (χ4n) is 4.15. The Morgan fingerprint density at radius 3 is 2.61 bits per heavy atom. The van der Waals surface area contributed by atoms with Gasteiger partial charge in [-0.25, -0.2) is 4.98 Å². The Labute approximate surface area is 212 Å². The second kappa shape index (κ2) is 9.82. The molecule has 36 heavy (non-hydrogen) atoms. The maximum absolute atomic E-state index is 13.2. The van der Waals surface area contributed by atoms with Crippen molar-refractivity contribution in [2.45, 2.75) is 13.3 Å². The van der Waals surface area contributed by atoms with Gasteiger partial charge in [0.1, 0.15) is 17.3 Å². The molecule has 0 radical (unpaired) electrons. The Hall–Kier alpha value is -4.18. The Balaban J connectivity index is 1.33. The molecule has 0 spiro atoms. The number of amides is 2. The number of aromatic nitrogens is 3. The highest BCUT2D eigenvalue weighted by molar-refractivity contribution is 7.12. The van der Waals surface area contributed by atoms with E-state index in [0.717, 1.165) is 22.7 Å². The van der Waals surface area contributed by atoms with Crippen LogP contribution in [0.25, 0.3) is 16.4 Å². The van der Waals surface area contributed by atoms with E-state index in [9.17, 15) is 9.59 Å². The summed E-state index contributed by atoms with van der Waals surface area (Å²) < 4.78 is 12.2. The van der Waals surface area contributed by atoms with E-state index < -0.39 is 5.92 Å². The number of nitrogens with zero attached hydrogens (tertiary/aromatic N) is 4. The molecule has 0 saturated carbocycles. The first kappa shape index (κ1) is 23.6. The van der Waals surface area contributed by atoms with Gasteiger partial charge < -0.3 is 19.7 Å². The lowest BCUT2D eigenvalue weighted by atomic mass is 10.1. The van der Waals surface area contributed by atoms with Crippen molar-refractivity contribution in [3.05, 3.63) is 65.7 Å². The molecule has 10 heteroatoms. The van der Waals surface area contributed by atoms with Crippen LogP contribution >= 0.6 is 11.3 Å². The summed E-state index contributed by atoms with van der Waals surface area (Å²) in [6.07, 6.45) is 0.132. The molecule has 1 saturated heterocycles. The van der Waals surface area contributed by atoms with Gasteiger partial charge in [0, 0.05) is 41.7 Å². The van der Waals surface area contributed by atoms with Gasteiger partial charge in [-0.1, -0.05) is 18.2 Å². The van der Waals surface area contributed by atoms with Crippen molar-refractivity contribution in [2.24, 2.45) is 5.92 Å². The number of aryl methyl sites for hydroxylation is 1. The van der Waals surface area contributed by atoms with Crippen LogP contribution in [0.3, 0.4) is 0 Å². The summed E-state index contributed by atoms with van der Waals surface area (Å²) in [6.45, 7) is 2.15. The van der Waals surface area contributed by atoms with E-state index in [-0.39, 0.29) is 18.2 Å². The van der Waals surface area contributed by atoms with Gasteiger partial charge in [-0.2, -0.15) is 9.78 Å². The maximum Gasteiger partial charge on any atom is 0.230 e. The first-order valence-corrected chi connectivity index (χ1v) is 12.3. The first-order valence-electron chi connectivity index (χ1n) is 11.4. The summed E-state index contributed by atoms with van der Waals surface area (Å²) in [5.74, 6) is 1.09. The molecular weight excluding hydrogens is 478 g/mol. The summed E-state index contributed by atoms with van der Waals surface area (Å²) in [4.78, 5) is 32.2. The summed E-state index contributed by atoms with van der Waals surface area (Å²) in [7, 11) is 3.20. The fourth-order valence-corrected chi connectivity index (χ4v) is 4.95. The number of methoxy groups -OCH3 is 2. The Morgan fingerprint density at radius 2 is 1.83 bits per heavy atom. The van der Waals surface area contributed by atoms with Crippen molar-refractivity contribution in [1.29, 1.82) is 0 Å². The summed E-state index contributed by atoms with van der Waals surface area (Å²) in [5, 5.41) is 10.1. The van der Waals surface area contributed by atoms with E-state index in [0.29, 0.717) is 28.9 Å². The number of thiazole rings is 1. The van der Waals surface area contributed by atoms with E-state index in [2.05, 4.69) is 10.4 Å². The van der Waals surface area contributed by atoms with Crippen molar-refractivity contribution in [2.75, 3.05) is 31.0 Å². The molecule has 1 aliphatic heterocycles. The summed E-state index contributed by atoms with van der Waals surface area (Å²) >= 11 is 1.42. The molecule has 4 aromatic rings. The van der Waals surface area contributed by atoms with Crippen molar-refractivity contribution in [3.63, 3.8) is 0 Å². The van der Waals surface area contributed by atoms with E-state index in [1.807, 2.05) is 54.8 Å². The number of rotatable bonds is 7. The van der Waals surface area contributed by atoms with Crippen molar-refractivity contribution in [1.82, 2.24) is 14.8 Å². The molecule has 2 amide bonds. The van der Waals surface area contributed by atoms with E-state index in [1.54, 1.807) is 35.9 Å². The summed E-state index contributed by atoms with van der Waals surface area (Å²) in [5.41, 5.74) is 3.16. The molecule has 1 atom stereocenters. The number of hydrogen-bond acceptors (Lipinski definition) is 7. The minimum atomic E-state index is -0.490. The van der Waals surface area contributed by atoms with Crippen LogP contribution in [0, 0.1) is 12.8 Å². The van der Waals surface area contributed by atoms with Gasteiger partial charge in [0.2, 0.25) is 16.9 Å². The Kier molecular flexibility index (Phi) is 6.43. The number of nitrogens with one attached hydrogen (secondary N) is 1. The van der Waals surface area contributed by atoms with E-state index >= 15 is 0 Å². The number of carbonyl (C=O) groups excluding carboxylic acids is 2. The third kappa shape index (κ3) is 4.67. The van der Waals surface area contributed by atoms with E-state index in [1.165, 1.54) is 11.3 Å². The van der Waals surface area contributed by atoms with Gasteiger partial charge in [-0.15, -0.1) is 11.3 Å². The number of ether oxygens (including phenoxy) is 2. The zero-order chi connectivity index (χ0) is 25.2. The second-order valence-electron chi connectivity index (χ2n) is 8.43. The van der Waals surface area contributed by atoms with Crippen LogP contribution in [0.5, 0.6) is 11.5 Å². The lowest BCUT2D eigenvalue weighted by molar-refractivity contribution is -0.122. The van der Waals surface area contributed by atoms with Crippen LogP contribution in [0.1, 0.15) is 12.1 Å². The highest BCUT2D eigenvalue weighted by atomic mass is 32.1. The monoisotopic (exact) mass is 503 g/mol. The number of hydrogen-bond donors (Lipinski definition) is 1. The van der Waals surface area contributed by atoms with Gasteiger partial charge >= 0.3 is 0 Å². The summed E-state index contributed by atoms with van der Waals surface area (Å²) in [6, 6.07) is 16.7. The molecule has 184 valence electrons. The number of anilines is 2. The van der Waals surface area contributed by atoms with Crippen LogP contribution in [-0.2, 0) is 9.59 Å². The van der Waals surface area contributed by atoms with Gasteiger partial charge in [-0.05, 0) is 31.2 Å². The third-order valence-electron chi connectivity index (χ3n) is 5.98. The largest absolute Gasteiger partial charge is 0.497 e. The average Bonchev–Trinajstić information content (AvgIpc) is 3.62. The van der Waals surface area contributed by atoms with Gasteiger partial charge in [0.15, 0.2) is 0 Å². The Morgan fingerprint density at radius 1 is 1.08 bits per heavy atom. The molecule has 2 aromatic carbocycles. The Bertz CT molecular complexity index is 1430. The smallest absolute Gasteiger partial charge is 0.230 e. The molecule has 1 aliphatic rings. The maximum atomic E-state index is 13.2. The molecule has 1 unspecified atom stereocenters. The molecular formula is C26H25N5O4S. The first-order chi connectivity index (χ1) is 17.4. The molecule has 2 aromatic heterocycles. The average molecular weight is 504 g/mol. The predicted octanol–water partition coefficient (Wildman–Crippen LogP) is 4.31. The highest BCUT2D eigenvalue weighted by Crippen LogP contribution is 2.31. The quantitative estimate of drug-likeness (QED) is 0.404. The van der Waals surface area contributed by atoms with Gasteiger partial charge in [0.05, 0.1) is 31.5 Å². The van der Waals surface area contributed by atoms with Crippen molar-refractivity contribution >= 4 is 34.7 Å². The van der Waals surface area contributed by atoms with E-state index in [4.69, 9.17) is 14.5 Å².